The number of nitrogens with zero attached hydrogens (tertiary/aromatic N) is 2. The Morgan fingerprint density at radius 2 is 1.95 bits per heavy atom. The van der Waals surface area contributed by atoms with Crippen LogP contribution in [0, 0.1) is 13.8 Å². The summed E-state index contributed by atoms with van der Waals surface area (Å²) in [5, 5.41) is 4.13. The normalized spacial score (nSPS) is 16.1. The van der Waals surface area contributed by atoms with E-state index in [1.807, 2.05) is 19.9 Å². The van der Waals surface area contributed by atoms with Gasteiger partial charge >= 0.3 is 0 Å². The molecule has 1 aromatic heterocycles. The fourth-order valence-electron chi connectivity index (χ4n) is 2.85. The van der Waals surface area contributed by atoms with E-state index in [0.29, 0.717) is 11.8 Å². The van der Waals surface area contributed by atoms with E-state index < -0.39 is 0 Å². The van der Waals surface area contributed by atoms with Gasteiger partial charge in [-0.15, -0.1) is 0 Å². The molecule has 3 rings (SSSR count). The lowest BCUT2D eigenvalue weighted by molar-refractivity contribution is 0.416. The third-order valence-corrected chi connectivity index (χ3v) is 3.92. The van der Waals surface area contributed by atoms with Gasteiger partial charge in [0.05, 0.1) is 5.56 Å². The van der Waals surface area contributed by atoms with Crippen molar-refractivity contribution in [3.63, 3.8) is 0 Å². The molecular formula is C15H19N3O. The number of aromatic nitrogens is 2. The SMILES string of the molecule is Cc1cc(C)c(N)c(-c2nc(C3CCCC3)no2)c1. The van der Waals surface area contributed by atoms with Crippen molar-refractivity contribution in [2.45, 2.75) is 45.4 Å². The van der Waals surface area contributed by atoms with Gasteiger partial charge in [-0.3, -0.25) is 0 Å². The fourth-order valence-corrected chi connectivity index (χ4v) is 2.85. The second-order valence-electron chi connectivity index (χ2n) is 5.48. The number of rotatable bonds is 2. The zero-order valence-electron chi connectivity index (χ0n) is 11.4. The molecule has 4 nitrogen and oxygen atoms in total. The van der Waals surface area contributed by atoms with Gasteiger partial charge in [-0.1, -0.05) is 24.1 Å². The summed E-state index contributed by atoms with van der Waals surface area (Å²) in [7, 11) is 0. The van der Waals surface area contributed by atoms with Gasteiger partial charge in [0.1, 0.15) is 0 Å². The Balaban J connectivity index is 1.98. The first-order chi connectivity index (χ1) is 9.15. The van der Waals surface area contributed by atoms with Gasteiger partial charge in [0.15, 0.2) is 5.82 Å². The molecule has 0 radical (unpaired) electrons. The van der Waals surface area contributed by atoms with Crippen molar-refractivity contribution in [3.05, 3.63) is 29.1 Å². The maximum absolute atomic E-state index is 6.12. The minimum Gasteiger partial charge on any atom is -0.398 e. The summed E-state index contributed by atoms with van der Waals surface area (Å²) in [6.45, 7) is 4.05. The number of hydrogen-bond acceptors (Lipinski definition) is 4. The minimum atomic E-state index is 0.463. The van der Waals surface area contributed by atoms with Crippen LogP contribution in [0.5, 0.6) is 0 Å². The first-order valence-electron chi connectivity index (χ1n) is 6.86. The summed E-state index contributed by atoms with van der Waals surface area (Å²) < 4.78 is 5.41. The predicted octanol–water partition coefficient (Wildman–Crippen LogP) is 3.59. The molecule has 0 unspecified atom stereocenters. The first kappa shape index (κ1) is 12.2. The molecule has 0 spiro atoms. The zero-order chi connectivity index (χ0) is 13.4. The lowest BCUT2D eigenvalue weighted by atomic mass is 10.0. The Morgan fingerprint density at radius 1 is 1.21 bits per heavy atom. The van der Waals surface area contributed by atoms with Gasteiger partial charge in [-0.25, -0.2) is 0 Å². The molecule has 0 aliphatic heterocycles. The quantitative estimate of drug-likeness (QED) is 0.835. The van der Waals surface area contributed by atoms with Crippen molar-refractivity contribution in [2.75, 3.05) is 5.73 Å². The Hall–Kier alpha value is -1.84. The first-order valence-corrected chi connectivity index (χ1v) is 6.86. The molecule has 0 amide bonds. The molecule has 1 saturated carbocycles. The Morgan fingerprint density at radius 3 is 2.68 bits per heavy atom. The molecule has 19 heavy (non-hydrogen) atoms. The summed E-state index contributed by atoms with van der Waals surface area (Å²) in [4.78, 5) is 4.55. The molecule has 0 bridgehead atoms. The van der Waals surface area contributed by atoms with Gasteiger partial charge in [0, 0.05) is 11.6 Å². The molecule has 0 saturated heterocycles. The van der Waals surface area contributed by atoms with Crippen LogP contribution in [0.25, 0.3) is 11.5 Å². The van der Waals surface area contributed by atoms with Crippen LogP contribution in [0.3, 0.4) is 0 Å². The van der Waals surface area contributed by atoms with Crippen LogP contribution in [-0.4, -0.2) is 10.1 Å². The largest absolute Gasteiger partial charge is 0.398 e. The summed E-state index contributed by atoms with van der Waals surface area (Å²) in [6.07, 6.45) is 4.86. The lowest BCUT2D eigenvalue weighted by Crippen LogP contribution is -1.97. The highest BCUT2D eigenvalue weighted by atomic mass is 16.5. The van der Waals surface area contributed by atoms with Crippen molar-refractivity contribution in [1.29, 1.82) is 0 Å². The zero-order valence-corrected chi connectivity index (χ0v) is 11.4. The molecule has 1 heterocycles. The van der Waals surface area contributed by atoms with Gasteiger partial charge < -0.3 is 10.3 Å². The van der Waals surface area contributed by atoms with E-state index in [1.165, 1.54) is 25.7 Å². The molecule has 1 aromatic carbocycles. The van der Waals surface area contributed by atoms with Gasteiger partial charge in [0.2, 0.25) is 0 Å². The number of hydrogen-bond donors (Lipinski definition) is 1. The van der Waals surface area contributed by atoms with Crippen molar-refractivity contribution in [1.82, 2.24) is 10.1 Å². The highest BCUT2D eigenvalue weighted by Gasteiger charge is 2.23. The van der Waals surface area contributed by atoms with E-state index in [-0.39, 0.29) is 0 Å². The third kappa shape index (κ3) is 2.23. The Kier molecular flexibility index (Phi) is 3.01. The van der Waals surface area contributed by atoms with Crippen molar-refractivity contribution in [3.8, 4) is 11.5 Å². The number of nitrogens with two attached hydrogens (primary N) is 1. The Labute approximate surface area is 113 Å². The fraction of sp³-hybridized carbons (Fsp3) is 0.467. The van der Waals surface area contributed by atoms with E-state index in [1.54, 1.807) is 0 Å². The predicted molar refractivity (Wildman–Crippen MR) is 74.8 cm³/mol. The minimum absolute atomic E-state index is 0.463. The molecular weight excluding hydrogens is 238 g/mol. The van der Waals surface area contributed by atoms with Crippen LogP contribution in [-0.2, 0) is 0 Å². The van der Waals surface area contributed by atoms with Crippen LogP contribution < -0.4 is 5.73 Å². The smallest absolute Gasteiger partial charge is 0.260 e. The monoisotopic (exact) mass is 257 g/mol. The number of anilines is 1. The molecule has 2 aromatic rings. The highest BCUT2D eigenvalue weighted by Crippen LogP contribution is 2.34. The van der Waals surface area contributed by atoms with Crippen LogP contribution in [0.15, 0.2) is 16.7 Å². The maximum atomic E-state index is 6.12. The maximum Gasteiger partial charge on any atom is 0.260 e. The second kappa shape index (κ2) is 4.68. The van der Waals surface area contributed by atoms with Crippen molar-refractivity contribution < 1.29 is 4.52 Å². The van der Waals surface area contributed by atoms with Crippen molar-refractivity contribution in [2.24, 2.45) is 0 Å². The molecule has 4 heteroatoms. The van der Waals surface area contributed by atoms with Crippen molar-refractivity contribution >= 4 is 5.69 Å². The highest BCUT2D eigenvalue weighted by molar-refractivity contribution is 5.74. The number of nitrogen functional groups attached to an aromatic ring is 1. The van der Waals surface area contributed by atoms with Gasteiger partial charge in [-0.05, 0) is 43.9 Å². The molecule has 0 atom stereocenters. The molecule has 1 aliphatic rings. The summed E-state index contributed by atoms with van der Waals surface area (Å²) >= 11 is 0. The lowest BCUT2D eigenvalue weighted by Gasteiger charge is -2.06. The van der Waals surface area contributed by atoms with E-state index in [0.717, 1.165) is 28.2 Å². The number of benzene rings is 1. The van der Waals surface area contributed by atoms with Gasteiger partial charge in [0.25, 0.3) is 5.89 Å². The third-order valence-electron chi connectivity index (χ3n) is 3.92. The summed E-state index contributed by atoms with van der Waals surface area (Å²) in [5.41, 5.74) is 9.91. The van der Waals surface area contributed by atoms with E-state index in [9.17, 15) is 0 Å². The van der Waals surface area contributed by atoms with Crippen LogP contribution in [0.2, 0.25) is 0 Å². The number of aryl methyl sites for hydroxylation is 2. The summed E-state index contributed by atoms with van der Waals surface area (Å²) in [6, 6.07) is 4.07. The van der Waals surface area contributed by atoms with Crippen LogP contribution in [0.1, 0.15) is 48.6 Å². The van der Waals surface area contributed by atoms with E-state index >= 15 is 0 Å². The van der Waals surface area contributed by atoms with Gasteiger partial charge in [-0.2, -0.15) is 4.98 Å². The Bertz CT molecular complexity index is 597. The standard InChI is InChI=1S/C15H19N3O/c1-9-7-10(2)13(16)12(8-9)15-17-14(18-19-15)11-5-3-4-6-11/h7-8,11H,3-6,16H2,1-2H3. The average Bonchev–Trinajstić information content (AvgIpc) is 3.03. The molecule has 1 fully saturated rings. The van der Waals surface area contributed by atoms with Crippen LogP contribution in [0.4, 0.5) is 5.69 Å². The molecule has 2 N–H and O–H groups in total. The van der Waals surface area contributed by atoms with E-state index in [2.05, 4.69) is 16.2 Å². The average molecular weight is 257 g/mol. The van der Waals surface area contributed by atoms with E-state index in [4.69, 9.17) is 10.3 Å². The summed E-state index contributed by atoms with van der Waals surface area (Å²) in [5.74, 6) is 1.85. The topological polar surface area (TPSA) is 64.9 Å². The molecule has 100 valence electrons. The van der Waals surface area contributed by atoms with Crippen LogP contribution >= 0.6 is 0 Å². The molecule has 1 aliphatic carbocycles. The second-order valence-corrected chi connectivity index (χ2v) is 5.48.